The Balaban J connectivity index is 1.53. The van der Waals surface area contributed by atoms with Crippen molar-refractivity contribution in [2.75, 3.05) is 49.2 Å². The van der Waals surface area contributed by atoms with E-state index in [0.29, 0.717) is 45.2 Å². The second-order valence-corrected chi connectivity index (χ2v) is 8.85. The molecule has 0 bridgehead atoms. The first kappa shape index (κ1) is 19.6. The van der Waals surface area contributed by atoms with E-state index in [0.717, 1.165) is 50.4 Å². The molecule has 0 unspecified atom stereocenters. The maximum absolute atomic E-state index is 12.4. The van der Waals surface area contributed by atoms with E-state index in [2.05, 4.69) is 30.1 Å². The summed E-state index contributed by atoms with van der Waals surface area (Å²) in [7, 11) is 0. The Labute approximate surface area is 176 Å². The van der Waals surface area contributed by atoms with Gasteiger partial charge < -0.3 is 19.9 Å². The number of aromatic nitrogens is 3. The largest absolute Gasteiger partial charge is 0.378 e. The molecule has 8 nitrogen and oxygen atoms in total. The van der Waals surface area contributed by atoms with Gasteiger partial charge in [0, 0.05) is 26.2 Å². The second-order valence-electron chi connectivity index (χ2n) is 6.57. The van der Waals surface area contributed by atoms with Crippen LogP contribution in [0.25, 0.3) is 0 Å². The molecule has 1 amide bonds. The lowest BCUT2D eigenvalue weighted by molar-refractivity contribution is 0.0950. The van der Waals surface area contributed by atoms with Crippen LogP contribution in [0.4, 0.5) is 11.9 Å². The van der Waals surface area contributed by atoms with Crippen LogP contribution in [0.1, 0.15) is 29.0 Å². The predicted molar refractivity (Wildman–Crippen MR) is 110 cm³/mol. The zero-order chi connectivity index (χ0) is 19.5. The summed E-state index contributed by atoms with van der Waals surface area (Å²) in [5.41, 5.74) is 0.360. The molecule has 2 aromatic heterocycles. The molecule has 11 heteroatoms. The molecule has 0 aromatic carbocycles. The summed E-state index contributed by atoms with van der Waals surface area (Å²) in [4.78, 5) is 30.5. The molecule has 4 heterocycles. The van der Waals surface area contributed by atoms with Gasteiger partial charge in [-0.25, -0.2) is 0 Å². The first-order valence-corrected chi connectivity index (χ1v) is 10.7. The first-order chi connectivity index (χ1) is 13.6. The summed E-state index contributed by atoms with van der Waals surface area (Å²) < 4.78 is 6.26. The maximum atomic E-state index is 12.4. The SMILES string of the molecule is O=C(NCc1nc(N2CCCC2)nc(N2CCOCC2)n1)c1cc(Cl)sc1Cl. The van der Waals surface area contributed by atoms with E-state index in [9.17, 15) is 4.79 Å². The average molecular weight is 443 g/mol. The number of carbonyl (C=O) groups excluding carboxylic acids is 1. The molecule has 2 fully saturated rings. The van der Waals surface area contributed by atoms with Gasteiger partial charge in [0.25, 0.3) is 5.91 Å². The normalized spacial score (nSPS) is 17.2. The van der Waals surface area contributed by atoms with Crippen molar-refractivity contribution in [3.8, 4) is 0 Å². The van der Waals surface area contributed by atoms with Crippen LogP contribution >= 0.6 is 34.5 Å². The Morgan fingerprint density at radius 1 is 1.07 bits per heavy atom. The van der Waals surface area contributed by atoms with E-state index in [4.69, 9.17) is 27.9 Å². The Bertz CT molecular complexity index is 852. The minimum Gasteiger partial charge on any atom is -0.378 e. The molecule has 1 N–H and O–H groups in total. The highest BCUT2D eigenvalue weighted by atomic mass is 35.5. The topological polar surface area (TPSA) is 83.5 Å². The lowest BCUT2D eigenvalue weighted by atomic mass is 10.3. The molecule has 2 aromatic rings. The van der Waals surface area contributed by atoms with Crippen molar-refractivity contribution in [3.63, 3.8) is 0 Å². The third kappa shape index (κ3) is 4.48. The van der Waals surface area contributed by atoms with Crippen LogP contribution in [0, 0.1) is 0 Å². The van der Waals surface area contributed by atoms with Crippen molar-refractivity contribution in [2.45, 2.75) is 19.4 Å². The number of carbonyl (C=O) groups is 1. The van der Waals surface area contributed by atoms with Crippen molar-refractivity contribution >= 4 is 52.3 Å². The highest BCUT2D eigenvalue weighted by Crippen LogP contribution is 2.31. The molecule has 28 heavy (non-hydrogen) atoms. The molecule has 2 saturated heterocycles. The lowest BCUT2D eigenvalue weighted by Gasteiger charge is -2.28. The van der Waals surface area contributed by atoms with Crippen LogP contribution < -0.4 is 15.1 Å². The van der Waals surface area contributed by atoms with Crippen LogP contribution in [0.2, 0.25) is 8.67 Å². The molecule has 0 atom stereocenters. The van der Waals surface area contributed by atoms with Gasteiger partial charge in [-0.15, -0.1) is 11.3 Å². The Kier molecular flexibility index (Phi) is 6.15. The molecule has 150 valence electrons. The van der Waals surface area contributed by atoms with Crippen molar-refractivity contribution in [3.05, 3.63) is 26.1 Å². The van der Waals surface area contributed by atoms with E-state index in [1.54, 1.807) is 6.07 Å². The van der Waals surface area contributed by atoms with E-state index in [1.165, 1.54) is 0 Å². The number of halogens is 2. The van der Waals surface area contributed by atoms with E-state index < -0.39 is 0 Å². The zero-order valence-corrected chi connectivity index (χ0v) is 17.5. The van der Waals surface area contributed by atoms with Gasteiger partial charge in [-0.3, -0.25) is 4.79 Å². The third-order valence-corrected chi connectivity index (χ3v) is 6.14. The number of anilines is 2. The monoisotopic (exact) mass is 442 g/mol. The summed E-state index contributed by atoms with van der Waals surface area (Å²) in [5, 5.41) is 2.83. The number of hydrogen-bond donors (Lipinski definition) is 1. The van der Waals surface area contributed by atoms with Crippen LogP contribution in [0.3, 0.4) is 0 Å². The van der Waals surface area contributed by atoms with Gasteiger partial charge in [0.2, 0.25) is 11.9 Å². The fraction of sp³-hybridized carbons (Fsp3) is 0.529. The minimum atomic E-state index is -0.302. The zero-order valence-electron chi connectivity index (χ0n) is 15.2. The lowest BCUT2D eigenvalue weighted by Crippen LogP contribution is -2.38. The smallest absolute Gasteiger partial charge is 0.254 e. The minimum absolute atomic E-state index is 0.184. The molecule has 0 saturated carbocycles. The van der Waals surface area contributed by atoms with Gasteiger partial charge in [-0.2, -0.15) is 15.0 Å². The van der Waals surface area contributed by atoms with Crippen molar-refractivity contribution in [1.29, 1.82) is 0 Å². The van der Waals surface area contributed by atoms with E-state index >= 15 is 0 Å². The van der Waals surface area contributed by atoms with Crippen LogP contribution in [-0.4, -0.2) is 60.3 Å². The molecule has 0 aliphatic carbocycles. The molecular formula is C17H20Cl2N6O2S. The molecular weight excluding hydrogens is 423 g/mol. The fourth-order valence-electron chi connectivity index (χ4n) is 3.19. The van der Waals surface area contributed by atoms with Crippen LogP contribution in [0.15, 0.2) is 6.07 Å². The summed E-state index contributed by atoms with van der Waals surface area (Å²) in [6.07, 6.45) is 2.25. The van der Waals surface area contributed by atoms with E-state index in [1.807, 2.05) is 0 Å². The number of nitrogens with zero attached hydrogens (tertiary/aromatic N) is 5. The maximum Gasteiger partial charge on any atom is 0.254 e. The molecule has 4 rings (SSSR count). The quantitative estimate of drug-likeness (QED) is 0.761. The van der Waals surface area contributed by atoms with Gasteiger partial charge in [0.15, 0.2) is 5.82 Å². The van der Waals surface area contributed by atoms with Gasteiger partial charge >= 0.3 is 0 Å². The summed E-state index contributed by atoms with van der Waals surface area (Å²) in [6.45, 7) is 4.81. The predicted octanol–water partition coefficient (Wildman–Crippen LogP) is 2.61. The Morgan fingerprint density at radius 2 is 1.71 bits per heavy atom. The second kappa shape index (κ2) is 8.77. The number of ether oxygens (including phenoxy) is 1. The van der Waals surface area contributed by atoms with Crippen LogP contribution in [0.5, 0.6) is 0 Å². The fourth-order valence-corrected chi connectivity index (χ4v) is 4.65. The summed E-state index contributed by atoms with van der Waals surface area (Å²) in [5.74, 6) is 1.50. The van der Waals surface area contributed by atoms with Gasteiger partial charge in [0.1, 0.15) is 4.34 Å². The molecule has 2 aliphatic rings. The Hall–Kier alpha value is -1.68. The number of rotatable bonds is 5. The Morgan fingerprint density at radius 3 is 2.32 bits per heavy atom. The standard InChI is InChI=1S/C17H20Cl2N6O2S/c18-12-9-11(14(19)28-12)15(26)20-10-13-21-16(24-3-1-2-4-24)23-17(22-13)25-5-7-27-8-6-25/h9H,1-8,10H2,(H,20,26). The average Bonchev–Trinajstić information content (AvgIpc) is 3.36. The van der Waals surface area contributed by atoms with Crippen LogP contribution in [-0.2, 0) is 11.3 Å². The number of hydrogen-bond acceptors (Lipinski definition) is 8. The summed E-state index contributed by atoms with van der Waals surface area (Å²) in [6, 6.07) is 1.56. The van der Waals surface area contributed by atoms with E-state index in [-0.39, 0.29) is 12.5 Å². The van der Waals surface area contributed by atoms with Gasteiger partial charge in [-0.05, 0) is 18.9 Å². The number of nitrogens with one attached hydrogen (secondary N) is 1. The van der Waals surface area contributed by atoms with Crippen molar-refractivity contribution in [1.82, 2.24) is 20.3 Å². The number of amides is 1. The third-order valence-electron chi connectivity index (χ3n) is 4.65. The van der Waals surface area contributed by atoms with Gasteiger partial charge in [0.05, 0.1) is 29.7 Å². The van der Waals surface area contributed by atoms with Crippen molar-refractivity contribution < 1.29 is 9.53 Å². The first-order valence-electron chi connectivity index (χ1n) is 9.16. The van der Waals surface area contributed by atoms with Crippen molar-refractivity contribution in [2.24, 2.45) is 0 Å². The molecule has 2 aliphatic heterocycles. The van der Waals surface area contributed by atoms with Gasteiger partial charge in [-0.1, -0.05) is 23.2 Å². The molecule has 0 spiro atoms. The highest BCUT2D eigenvalue weighted by molar-refractivity contribution is 7.20. The summed E-state index contributed by atoms with van der Waals surface area (Å²) >= 11 is 13.2. The number of morpholine rings is 1. The molecule has 0 radical (unpaired) electrons. The highest BCUT2D eigenvalue weighted by Gasteiger charge is 2.22. The number of thiophene rings is 1.